The molecule has 1 aliphatic carbocycles. The highest BCUT2D eigenvalue weighted by Crippen LogP contribution is 2.32. The SMILES string of the molecule is CCn1c(-c2nonc2N)nc2c(C#CC(C)(C)O)nc(OC(CN)C3CCCCC3)cc21. The maximum atomic E-state index is 10.1. The molecule has 1 aliphatic rings. The predicted octanol–water partition coefficient (Wildman–Crippen LogP) is 2.49. The number of aromatic nitrogens is 5. The van der Waals surface area contributed by atoms with Crippen molar-refractivity contribution in [1.82, 2.24) is 24.8 Å². The monoisotopic (exact) mass is 453 g/mol. The Morgan fingerprint density at radius 1 is 1.27 bits per heavy atom. The first kappa shape index (κ1) is 23.0. The van der Waals surface area contributed by atoms with Crippen LogP contribution in [0.4, 0.5) is 5.82 Å². The predicted molar refractivity (Wildman–Crippen MR) is 124 cm³/mol. The molecule has 1 unspecified atom stereocenters. The molecular formula is C23H31N7O3. The smallest absolute Gasteiger partial charge is 0.217 e. The lowest BCUT2D eigenvalue weighted by Crippen LogP contribution is -2.36. The Morgan fingerprint density at radius 3 is 2.64 bits per heavy atom. The zero-order valence-corrected chi connectivity index (χ0v) is 19.3. The molecule has 0 bridgehead atoms. The molecule has 10 heteroatoms. The summed E-state index contributed by atoms with van der Waals surface area (Å²) in [5.41, 5.74) is 12.9. The van der Waals surface area contributed by atoms with Gasteiger partial charge < -0.3 is 25.9 Å². The van der Waals surface area contributed by atoms with E-state index < -0.39 is 5.60 Å². The number of nitrogen functional groups attached to an aromatic ring is 1. The number of pyridine rings is 1. The Labute approximate surface area is 192 Å². The van der Waals surface area contributed by atoms with Crippen molar-refractivity contribution in [3.05, 3.63) is 11.8 Å². The molecule has 4 rings (SSSR count). The zero-order valence-electron chi connectivity index (χ0n) is 19.3. The Hall–Kier alpha value is -3.16. The van der Waals surface area contributed by atoms with Gasteiger partial charge in [0, 0.05) is 19.2 Å². The molecule has 1 saturated carbocycles. The molecule has 3 aromatic rings. The van der Waals surface area contributed by atoms with E-state index in [1.165, 1.54) is 19.3 Å². The summed E-state index contributed by atoms with van der Waals surface area (Å²) in [5.74, 6) is 7.27. The summed E-state index contributed by atoms with van der Waals surface area (Å²) in [6.07, 6.45) is 5.72. The molecular weight excluding hydrogens is 422 g/mol. The second kappa shape index (κ2) is 9.37. The fraction of sp³-hybridized carbons (Fsp3) is 0.565. The lowest BCUT2D eigenvalue weighted by atomic mass is 9.85. The lowest BCUT2D eigenvalue weighted by Gasteiger charge is -2.29. The van der Waals surface area contributed by atoms with Gasteiger partial charge in [0.05, 0.1) is 5.52 Å². The second-order valence-corrected chi connectivity index (χ2v) is 8.95. The molecule has 1 atom stereocenters. The van der Waals surface area contributed by atoms with E-state index in [-0.39, 0.29) is 11.9 Å². The number of hydrogen-bond donors (Lipinski definition) is 3. The van der Waals surface area contributed by atoms with E-state index in [0.29, 0.717) is 47.6 Å². The van der Waals surface area contributed by atoms with Crippen LogP contribution in [0.2, 0.25) is 0 Å². The Kier molecular flexibility index (Phi) is 6.54. The normalized spacial score (nSPS) is 15.9. The Morgan fingerprint density at radius 2 is 2.03 bits per heavy atom. The van der Waals surface area contributed by atoms with Crippen LogP contribution in [0, 0.1) is 17.8 Å². The van der Waals surface area contributed by atoms with Gasteiger partial charge in [-0.2, -0.15) is 0 Å². The molecule has 3 heterocycles. The lowest BCUT2D eigenvalue weighted by molar-refractivity contribution is 0.109. The van der Waals surface area contributed by atoms with E-state index in [2.05, 4.69) is 27.1 Å². The number of anilines is 1. The Bertz CT molecular complexity index is 1180. The van der Waals surface area contributed by atoms with Crippen LogP contribution in [-0.2, 0) is 6.54 Å². The number of hydrogen-bond acceptors (Lipinski definition) is 9. The van der Waals surface area contributed by atoms with Crippen molar-refractivity contribution >= 4 is 16.9 Å². The summed E-state index contributed by atoms with van der Waals surface area (Å²) in [7, 11) is 0. The number of nitrogens with two attached hydrogens (primary N) is 2. The van der Waals surface area contributed by atoms with Crippen molar-refractivity contribution in [2.45, 2.75) is 71.1 Å². The highest BCUT2D eigenvalue weighted by molar-refractivity contribution is 5.86. The van der Waals surface area contributed by atoms with Crippen LogP contribution in [0.5, 0.6) is 5.88 Å². The Balaban J connectivity index is 1.84. The number of aliphatic hydroxyl groups is 1. The van der Waals surface area contributed by atoms with Crippen molar-refractivity contribution in [2.24, 2.45) is 11.7 Å². The van der Waals surface area contributed by atoms with Gasteiger partial charge in [0.1, 0.15) is 22.9 Å². The molecule has 3 aromatic heterocycles. The van der Waals surface area contributed by atoms with Crippen LogP contribution in [-0.4, -0.2) is 48.2 Å². The fourth-order valence-electron chi connectivity index (χ4n) is 4.31. The van der Waals surface area contributed by atoms with Crippen molar-refractivity contribution in [1.29, 1.82) is 0 Å². The highest BCUT2D eigenvalue weighted by Gasteiger charge is 2.26. The van der Waals surface area contributed by atoms with Gasteiger partial charge in [0.25, 0.3) is 0 Å². The summed E-state index contributed by atoms with van der Waals surface area (Å²) in [6, 6.07) is 1.85. The maximum Gasteiger partial charge on any atom is 0.217 e. The summed E-state index contributed by atoms with van der Waals surface area (Å²) in [4.78, 5) is 9.36. The molecule has 0 saturated heterocycles. The number of aryl methyl sites for hydroxylation is 1. The van der Waals surface area contributed by atoms with E-state index in [0.717, 1.165) is 18.4 Å². The molecule has 0 amide bonds. The van der Waals surface area contributed by atoms with Gasteiger partial charge in [0.2, 0.25) is 5.88 Å². The van der Waals surface area contributed by atoms with Crippen LogP contribution in [0.15, 0.2) is 10.7 Å². The van der Waals surface area contributed by atoms with E-state index in [1.807, 2.05) is 17.6 Å². The third-order valence-electron chi connectivity index (χ3n) is 5.92. The summed E-state index contributed by atoms with van der Waals surface area (Å²) in [6.45, 7) is 6.21. The molecule has 33 heavy (non-hydrogen) atoms. The van der Waals surface area contributed by atoms with Crippen LogP contribution in [0.1, 0.15) is 58.6 Å². The van der Waals surface area contributed by atoms with Crippen molar-refractivity contribution in [3.8, 4) is 29.2 Å². The molecule has 0 aromatic carbocycles. The highest BCUT2D eigenvalue weighted by atomic mass is 16.6. The number of nitrogens with zero attached hydrogens (tertiary/aromatic N) is 5. The average molecular weight is 454 g/mol. The topological polar surface area (TPSA) is 151 Å². The standard InChI is InChI=1S/C23H31N7O3/c1-4-30-16-12-18(32-17(13-24)14-8-6-5-7-9-14)26-15(10-11-23(2,3)31)19(16)27-22(30)20-21(25)29-33-28-20/h12,14,17,31H,4-9,13,24H2,1-3H3,(H2,25,29). The average Bonchev–Trinajstić information content (AvgIpc) is 3.38. The minimum Gasteiger partial charge on any atom is -0.473 e. The second-order valence-electron chi connectivity index (χ2n) is 8.95. The summed E-state index contributed by atoms with van der Waals surface area (Å²) in [5, 5.41) is 17.7. The first-order valence-electron chi connectivity index (χ1n) is 11.4. The van der Waals surface area contributed by atoms with Gasteiger partial charge in [-0.15, -0.1) is 0 Å². The fourth-order valence-corrected chi connectivity index (χ4v) is 4.31. The number of ether oxygens (including phenoxy) is 1. The van der Waals surface area contributed by atoms with E-state index in [4.69, 9.17) is 25.8 Å². The molecule has 10 nitrogen and oxygen atoms in total. The molecule has 0 radical (unpaired) electrons. The van der Waals surface area contributed by atoms with Crippen molar-refractivity contribution < 1.29 is 14.5 Å². The first-order valence-corrected chi connectivity index (χ1v) is 11.4. The molecule has 5 N–H and O–H groups in total. The van der Waals surface area contributed by atoms with Gasteiger partial charge in [-0.25, -0.2) is 14.6 Å². The van der Waals surface area contributed by atoms with Crippen LogP contribution < -0.4 is 16.2 Å². The number of imidazole rings is 1. The van der Waals surface area contributed by atoms with E-state index in [1.54, 1.807) is 13.8 Å². The molecule has 0 aliphatic heterocycles. The molecule has 1 fully saturated rings. The maximum absolute atomic E-state index is 10.1. The van der Waals surface area contributed by atoms with Crippen LogP contribution in [0.25, 0.3) is 22.6 Å². The largest absolute Gasteiger partial charge is 0.473 e. The minimum absolute atomic E-state index is 0.127. The quantitative estimate of drug-likeness (QED) is 0.478. The number of rotatable bonds is 6. The third kappa shape index (κ3) is 4.94. The van der Waals surface area contributed by atoms with Gasteiger partial charge >= 0.3 is 0 Å². The third-order valence-corrected chi connectivity index (χ3v) is 5.92. The molecule has 0 spiro atoms. The van der Waals surface area contributed by atoms with Gasteiger partial charge in [-0.1, -0.05) is 25.2 Å². The minimum atomic E-state index is -1.19. The van der Waals surface area contributed by atoms with E-state index in [9.17, 15) is 5.11 Å². The van der Waals surface area contributed by atoms with Gasteiger partial charge in [0.15, 0.2) is 17.3 Å². The van der Waals surface area contributed by atoms with Gasteiger partial charge in [-0.3, -0.25) is 0 Å². The number of fused-ring (bicyclic) bond motifs is 1. The van der Waals surface area contributed by atoms with Crippen LogP contribution in [0.3, 0.4) is 0 Å². The van der Waals surface area contributed by atoms with Crippen LogP contribution >= 0.6 is 0 Å². The molecule has 176 valence electrons. The summed E-state index contributed by atoms with van der Waals surface area (Å²) >= 11 is 0. The zero-order chi connectivity index (χ0) is 23.6. The van der Waals surface area contributed by atoms with Crippen molar-refractivity contribution in [2.75, 3.05) is 12.3 Å². The van der Waals surface area contributed by atoms with E-state index >= 15 is 0 Å². The first-order chi connectivity index (χ1) is 15.8. The summed E-state index contributed by atoms with van der Waals surface area (Å²) < 4.78 is 13.0. The van der Waals surface area contributed by atoms with Gasteiger partial charge in [-0.05, 0) is 55.8 Å². The van der Waals surface area contributed by atoms with Crippen molar-refractivity contribution in [3.63, 3.8) is 0 Å².